The van der Waals surface area contributed by atoms with Gasteiger partial charge in [0.2, 0.25) is 0 Å². The van der Waals surface area contributed by atoms with Crippen LogP contribution in [-0.4, -0.2) is 29.5 Å². The molecule has 0 spiro atoms. The van der Waals surface area contributed by atoms with E-state index in [2.05, 4.69) is 65.6 Å². The number of ketones is 1. The Morgan fingerprint density at radius 2 is 1.68 bits per heavy atom. The van der Waals surface area contributed by atoms with Gasteiger partial charge >= 0.3 is 0 Å². The summed E-state index contributed by atoms with van der Waals surface area (Å²) in [6.07, 6.45) is 0.452. The Hall–Kier alpha value is -3.40. The molecule has 0 aliphatic rings. The van der Waals surface area contributed by atoms with Crippen LogP contribution in [0.1, 0.15) is 12.5 Å². The zero-order chi connectivity index (χ0) is 19.7. The van der Waals surface area contributed by atoms with Crippen molar-refractivity contribution in [3.8, 4) is 22.5 Å². The molecule has 2 aromatic carbocycles. The number of benzene rings is 2. The fourth-order valence-electron chi connectivity index (χ4n) is 3.42. The molecule has 4 heteroatoms. The van der Waals surface area contributed by atoms with Gasteiger partial charge in [0.15, 0.2) is 0 Å². The highest BCUT2D eigenvalue weighted by Crippen LogP contribution is 2.26. The van der Waals surface area contributed by atoms with Gasteiger partial charge in [-0.2, -0.15) is 5.10 Å². The molecule has 2 heterocycles. The van der Waals surface area contributed by atoms with E-state index in [0.717, 1.165) is 39.3 Å². The fraction of sp³-hybridized carbons (Fsp3) is 0.167. The number of hydrogen-bond acceptors (Lipinski definition) is 3. The van der Waals surface area contributed by atoms with Crippen LogP contribution in [0.15, 0.2) is 72.8 Å². The highest BCUT2D eigenvalue weighted by Gasteiger charge is 2.09. The van der Waals surface area contributed by atoms with E-state index in [4.69, 9.17) is 5.10 Å². The number of hydrogen-bond donors (Lipinski definition) is 0. The van der Waals surface area contributed by atoms with Crippen molar-refractivity contribution in [3.05, 3.63) is 78.4 Å². The fourth-order valence-corrected chi connectivity index (χ4v) is 3.42. The van der Waals surface area contributed by atoms with Crippen LogP contribution in [0.5, 0.6) is 0 Å². The van der Waals surface area contributed by atoms with Crippen molar-refractivity contribution in [1.82, 2.24) is 9.61 Å². The van der Waals surface area contributed by atoms with Crippen molar-refractivity contribution in [2.45, 2.75) is 13.3 Å². The molecule has 0 fully saturated rings. The maximum Gasteiger partial charge on any atom is 0.134 e. The second-order valence-corrected chi connectivity index (χ2v) is 7.29. The van der Waals surface area contributed by atoms with Gasteiger partial charge in [0.05, 0.1) is 16.9 Å². The molecule has 4 aromatic rings. The molecule has 0 amide bonds. The first-order valence-electron chi connectivity index (χ1n) is 9.36. The zero-order valence-corrected chi connectivity index (χ0v) is 16.4. The Bertz CT molecular complexity index is 1140. The van der Waals surface area contributed by atoms with Gasteiger partial charge in [0.25, 0.3) is 0 Å². The van der Waals surface area contributed by atoms with E-state index in [1.54, 1.807) is 6.92 Å². The molecular weight excluding hydrogens is 346 g/mol. The van der Waals surface area contributed by atoms with Gasteiger partial charge in [-0.3, -0.25) is 4.79 Å². The van der Waals surface area contributed by atoms with Crippen molar-refractivity contribution in [2.24, 2.45) is 0 Å². The lowest BCUT2D eigenvalue weighted by Gasteiger charge is -2.12. The number of fused-ring (bicyclic) bond motifs is 1. The third-order valence-electron chi connectivity index (χ3n) is 4.86. The molecule has 0 radical (unpaired) electrons. The van der Waals surface area contributed by atoms with E-state index in [1.165, 1.54) is 0 Å². The quantitative estimate of drug-likeness (QED) is 0.504. The van der Waals surface area contributed by atoms with Gasteiger partial charge < -0.3 is 4.90 Å². The molecule has 0 aliphatic heterocycles. The SMILES string of the molecule is CC(=O)Cc1cccc(-c2ccc3ccc(-c4ccc(N(C)C)cc4)nn23)c1. The topological polar surface area (TPSA) is 37.6 Å². The van der Waals surface area contributed by atoms with Gasteiger partial charge in [0.1, 0.15) is 5.78 Å². The molecule has 4 nitrogen and oxygen atoms in total. The second-order valence-electron chi connectivity index (χ2n) is 7.29. The average molecular weight is 369 g/mol. The second kappa shape index (κ2) is 7.31. The number of carbonyl (C=O) groups is 1. The van der Waals surface area contributed by atoms with Crippen LogP contribution in [0.4, 0.5) is 5.69 Å². The summed E-state index contributed by atoms with van der Waals surface area (Å²) in [4.78, 5) is 13.6. The largest absolute Gasteiger partial charge is 0.378 e. The lowest BCUT2D eigenvalue weighted by Crippen LogP contribution is -2.08. The first-order chi connectivity index (χ1) is 13.5. The Morgan fingerprint density at radius 1 is 0.929 bits per heavy atom. The molecule has 0 unspecified atom stereocenters. The van der Waals surface area contributed by atoms with E-state index in [9.17, 15) is 4.79 Å². The highest BCUT2D eigenvalue weighted by atomic mass is 16.1. The van der Waals surface area contributed by atoms with E-state index < -0.39 is 0 Å². The van der Waals surface area contributed by atoms with Crippen LogP contribution >= 0.6 is 0 Å². The minimum Gasteiger partial charge on any atom is -0.378 e. The maximum absolute atomic E-state index is 11.5. The van der Waals surface area contributed by atoms with Crippen molar-refractivity contribution >= 4 is 17.0 Å². The Labute approximate surface area is 165 Å². The minimum atomic E-state index is 0.166. The normalized spacial score (nSPS) is 11.0. The van der Waals surface area contributed by atoms with E-state index in [-0.39, 0.29) is 5.78 Å². The summed E-state index contributed by atoms with van der Waals surface area (Å²) in [6, 6.07) is 24.8. The van der Waals surface area contributed by atoms with Crippen LogP contribution in [0.25, 0.3) is 28.0 Å². The van der Waals surface area contributed by atoms with Crippen molar-refractivity contribution < 1.29 is 4.79 Å². The summed E-state index contributed by atoms with van der Waals surface area (Å²) >= 11 is 0. The summed E-state index contributed by atoms with van der Waals surface area (Å²) in [7, 11) is 4.07. The summed E-state index contributed by atoms with van der Waals surface area (Å²) in [6.45, 7) is 1.62. The molecule has 0 saturated heterocycles. The molecule has 2 aromatic heterocycles. The van der Waals surface area contributed by atoms with Crippen molar-refractivity contribution in [1.29, 1.82) is 0 Å². The highest BCUT2D eigenvalue weighted by molar-refractivity contribution is 5.79. The molecule has 0 bridgehead atoms. The predicted molar refractivity (Wildman–Crippen MR) is 115 cm³/mol. The average Bonchev–Trinajstić information content (AvgIpc) is 3.11. The number of aromatic nitrogens is 2. The molecule has 0 saturated carbocycles. The van der Waals surface area contributed by atoms with E-state index in [0.29, 0.717) is 6.42 Å². The zero-order valence-electron chi connectivity index (χ0n) is 16.4. The maximum atomic E-state index is 11.5. The minimum absolute atomic E-state index is 0.166. The molecule has 4 rings (SSSR count). The van der Waals surface area contributed by atoms with Gasteiger partial charge in [-0.1, -0.05) is 30.3 Å². The van der Waals surface area contributed by atoms with Gasteiger partial charge in [0, 0.05) is 37.3 Å². The summed E-state index contributed by atoms with van der Waals surface area (Å²) in [5.74, 6) is 0.166. The summed E-state index contributed by atoms with van der Waals surface area (Å²) in [5.41, 5.74) is 7.32. The Morgan fingerprint density at radius 3 is 2.39 bits per heavy atom. The van der Waals surface area contributed by atoms with Crippen LogP contribution in [0, 0.1) is 0 Å². The van der Waals surface area contributed by atoms with Gasteiger partial charge in [-0.15, -0.1) is 0 Å². The first-order valence-corrected chi connectivity index (χ1v) is 9.36. The third kappa shape index (κ3) is 3.54. The smallest absolute Gasteiger partial charge is 0.134 e. The Kier molecular flexibility index (Phi) is 4.70. The van der Waals surface area contributed by atoms with Crippen molar-refractivity contribution in [2.75, 3.05) is 19.0 Å². The molecule has 140 valence electrons. The number of carbonyl (C=O) groups excluding carboxylic acids is 1. The predicted octanol–water partition coefficient (Wildman–Crippen LogP) is 4.87. The van der Waals surface area contributed by atoms with Crippen molar-refractivity contribution in [3.63, 3.8) is 0 Å². The lowest BCUT2D eigenvalue weighted by molar-refractivity contribution is -0.116. The standard InChI is InChI=1S/C24H23N3O/c1-17(28)15-18-5-4-6-20(16-18)24-14-12-22-11-13-23(25-27(22)24)19-7-9-21(10-8-19)26(2)3/h4-14,16H,15H2,1-3H3. The van der Waals surface area contributed by atoms with Crippen LogP contribution < -0.4 is 4.90 Å². The van der Waals surface area contributed by atoms with Crippen LogP contribution in [0.3, 0.4) is 0 Å². The monoisotopic (exact) mass is 369 g/mol. The summed E-state index contributed by atoms with van der Waals surface area (Å²) < 4.78 is 1.97. The number of nitrogens with zero attached hydrogens (tertiary/aromatic N) is 3. The molecule has 28 heavy (non-hydrogen) atoms. The molecule has 0 aliphatic carbocycles. The van der Waals surface area contributed by atoms with Crippen LogP contribution in [-0.2, 0) is 11.2 Å². The molecular formula is C24H23N3O. The first kappa shape index (κ1) is 18.0. The van der Waals surface area contributed by atoms with Gasteiger partial charge in [-0.05, 0) is 55.0 Å². The molecule has 0 atom stereocenters. The van der Waals surface area contributed by atoms with E-state index >= 15 is 0 Å². The van der Waals surface area contributed by atoms with Crippen LogP contribution in [0.2, 0.25) is 0 Å². The lowest BCUT2D eigenvalue weighted by atomic mass is 10.0. The Balaban J connectivity index is 1.75. The third-order valence-corrected chi connectivity index (χ3v) is 4.86. The van der Waals surface area contributed by atoms with Gasteiger partial charge in [-0.25, -0.2) is 4.52 Å². The number of anilines is 1. The molecule has 0 N–H and O–H groups in total. The summed E-state index contributed by atoms with van der Waals surface area (Å²) in [5, 5.41) is 4.88. The number of Topliss-reactive ketones (excluding diaryl/α,β-unsaturated/α-hetero) is 1. The van der Waals surface area contributed by atoms with E-state index in [1.807, 2.05) is 30.7 Å². The number of rotatable bonds is 5.